The van der Waals surface area contributed by atoms with Crippen LogP contribution in [0.5, 0.6) is 0 Å². The molecule has 3 nitrogen and oxygen atoms in total. The number of aliphatic imine (C=N–C) groups is 1. The molecule has 1 heterocycles. The molecule has 3 heteroatoms. The van der Waals surface area contributed by atoms with Crippen molar-refractivity contribution in [2.75, 3.05) is 12.4 Å². The smallest absolute Gasteiger partial charge is 0.0972 e. The highest BCUT2D eigenvalue weighted by Gasteiger charge is 2.10. The summed E-state index contributed by atoms with van der Waals surface area (Å²) in [7, 11) is 1.78. The summed E-state index contributed by atoms with van der Waals surface area (Å²) in [5.74, 6) is 0.920. The van der Waals surface area contributed by atoms with E-state index in [4.69, 9.17) is 4.74 Å². The number of amidine groups is 1. The van der Waals surface area contributed by atoms with Crippen molar-refractivity contribution in [3.63, 3.8) is 0 Å². The van der Waals surface area contributed by atoms with E-state index in [2.05, 4.69) is 28.5 Å². The van der Waals surface area contributed by atoms with Crippen LogP contribution in [0.15, 0.2) is 23.2 Å². The molecule has 2 rings (SSSR count). The first-order valence-corrected chi connectivity index (χ1v) is 4.69. The van der Waals surface area contributed by atoms with Gasteiger partial charge >= 0.3 is 0 Å². The van der Waals surface area contributed by atoms with Crippen molar-refractivity contribution < 1.29 is 4.74 Å². The van der Waals surface area contributed by atoms with Gasteiger partial charge in [0.15, 0.2) is 0 Å². The number of ether oxygens (including phenoxy) is 1. The number of fused-ring (bicyclic) bond motifs is 1. The minimum absolute atomic E-state index is 0.729. The lowest BCUT2D eigenvalue weighted by molar-refractivity contribution is 0.134. The first kappa shape index (κ1) is 9.21. The quantitative estimate of drug-likeness (QED) is 0.544. The zero-order valence-corrected chi connectivity index (χ0v) is 8.50. The van der Waals surface area contributed by atoms with Crippen molar-refractivity contribution in [3.05, 3.63) is 29.3 Å². The molecule has 0 saturated heterocycles. The summed E-state index contributed by atoms with van der Waals surface area (Å²) in [6.07, 6.45) is 0. The van der Waals surface area contributed by atoms with Gasteiger partial charge in [-0.15, -0.1) is 0 Å². The predicted octanol–water partition coefficient (Wildman–Crippen LogP) is 2.18. The van der Waals surface area contributed by atoms with Gasteiger partial charge in [-0.25, -0.2) is 0 Å². The summed E-state index contributed by atoms with van der Waals surface area (Å²) < 4.78 is 5.34. The molecule has 1 aromatic carbocycles. The van der Waals surface area contributed by atoms with Gasteiger partial charge in [0, 0.05) is 12.7 Å². The van der Waals surface area contributed by atoms with Gasteiger partial charge in [-0.1, -0.05) is 6.07 Å². The number of rotatable bonds is 1. The Kier molecular flexibility index (Phi) is 2.50. The summed E-state index contributed by atoms with van der Waals surface area (Å²) in [6, 6.07) is 6.28. The molecule has 0 aromatic heterocycles. The normalized spacial score (nSPS) is 15.4. The molecule has 0 atom stereocenters. The molecule has 1 N–H and O–H groups in total. The summed E-state index contributed by atoms with van der Waals surface area (Å²) in [5.41, 5.74) is 3.65. The molecular formula is C11H14N2O. The predicted molar refractivity (Wildman–Crippen MR) is 57.6 cm³/mol. The van der Waals surface area contributed by atoms with Gasteiger partial charge in [0.1, 0.15) is 0 Å². The van der Waals surface area contributed by atoms with Crippen molar-refractivity contribution in [2.45, 2.75) is 20.1 Å². The molecule has 74 valence electrons. The molecule has 14 heavy (non-hydrogen) atoms. The van der Waals surface area contributed by atoms with E-state index in [1.165, 1.54) is 11.1 Å². The zero-order valence-electron chi connectivity index (χ0n) is 8.50. The third kappa shape index (κ3) is 1.77. The molecule has 0 fully saturated rings. The van der Waals surface area contributed by atoms with Crippen LogP contribution in [0.1, 0.15) is 18.1 Å². The van der Waals surface area contributed by atoms with E-state index in [0.29, 0.717) is 0 Å². The first-order chi connectivity index (χ1) is 6.79. The molecule has 1 aliphatic heterocycles. The van der Waals surface area contributed by atoms with E-state index in [0.717, 1.165) is 24.7 Å². The lowest BCUT2D eigenvalue weighted by Gasteiger charge is -2.06. The fourth-order valence-electron chi connectivity index (χ4n) is 1.51. The summed E-state index contributed by atoms with van der Waals surface area (Å²) in [5, 5.41) is 3.22. The SMILES string of the molecule is CN=C(C)Nc1ccc2c(c1)COC2. The van der Waals surface area contributed by atoms with Crippen LogP contribution in [-0.2, 0) is 18.0 Å². The Balaban J connectivity index is 2.21. The van der Waals surface area contributed by atoms with Crippen LogP contribution in [-0.4, -0.2) is 12.9 Å². The van der Waals surface area contributed by atoms with Gasteiger partial charge in [-0.2, -0.15) is 0 Å². The molecule has 0 saturated carbocycles. The Labute approximate surface area is 83.8 Å². The Morgan fingerprint density at radius 1 is 1.36 bits per heavy atom. The van der Waals surface area contributed by atoms with Gasteiger partial charge in [0.2, 0.25) is 0 Å². The molecule has 0 unspecified atom stereocenters. The van der Waals surface area contributed by atoms with Crippen LogP contribution in [0.4, 0.5) is 5.69 Å². The number of benzene rings is 1. The second-order valence-corrected chi connectivity index (χ2v) is 3.41. The summed E-state index contributed by atoms with van der Waals surface area (Å²) in [4.78, 5) is 4.05. The highest BCUT2D eigenvalue weighted by Crippen LogP contribution is 2.23. The standard InChI is InChI=1S/C11H14N2O/c1-8(12-2)13-11-4-3-9-6-14-7-10(9)5-11/h3-5H,6-7H2,1-2H3,(H,12,13). The van der Waals surface area contributed by atoms with Crippen LogP contribution >= 0.6 is 0 Å². The van der Waals surface area contributed by atoms with E-state index in [1.54, 1.807) is 7.05 Å². The number of nitrogens with zero attached hydrogens (tertiary/aromatic N) is 1. The van der Waals surface area contributed by atoms with Crippen LogP contribution in [0.3, 0.4) is 0 Å². The Morgan fingerprint density at radius 3 is 2.93 bits per heavy atom. The molecule has 0 radical (unpaired) electrons. The second kappa shape index (κ2) is 3.80. The topological polar surface area (TPSA) is 33.6 Å². The average molecular weight is 190 g/mol. The van der Waals surface area contributed by atoms with E-state index in [-0.39, 0.29) is 0 Å². The number of hydrogen-bond donors (Lipinski definition) is 1. The van der Waals surface area contributed by atoms with Crippen LogP contribution < -0.4 is 5.32 Å². The number of anilines is 1. The van der Waals surface area contributed by atoms with E-state index >= 15 is 0 Å². The minimum Gasteiger partial charge on any atom is -0.372 e. The van der Waals surface area contributed by atoms with E-state index < -0.39 is 0 Å². The Bertz CT molecular complexity index is 372. The maximum absolute atomic E-state index is 5.34. The van der Waals surface area contributed by atoms with Gasteiger partial charge in [0.25, 0.3) is 0 Å². The number of hydrogen-bond acceptors (Lipinski definition) is 2. The van der Waals surface area contributed by atoms with Crippen LogP contribution in [0, 0.1) is 0 Å². The van der Waals surface area contributed by atoms with E-state index in [1.807, 2.05) is 6.92 Å². The van der Waals surface area contributed by atoms with Crippen LogP contribution in [0.2, 0.25) is 0 Å². The third-order valence-electron chi connectivity index (χ3n) is 2.38. The number of nitrogens with one attached hydrogen (secondary N) is 1. The van der Waals surface area contributed by atoms with Crippen molar-refractivity contribution in [2.24, 2.45) is 4.99 Å². The second-order valence-electron chi connectivity index (χ2n) is 3.41. The van der Waals surface area contributed by atoms with Crippen molar-refractivity contribution in [3.8, 4) is 0 Å². The summed E-state index contributed by atoms with van der Waals surface area (Å²) in [6.45, 7) is 3.42. The van der Waals surface area contributed by atoms with E-state index in [9.17, 15) is 0 Å². The fraction of sp³-hybridized carbons (Fsp3) is 0.364. The van der Waals surface area contributed by atoms with Gasteiger partial charge < -0.3 is 10.1 Å². The summed E-state index contributed by atoms with van der Waals surface area (Å²) >= 11 is 0. The highest BCUT2D eigenvalue weighted by atomic mass is 16.5. The molecule has 1 aliphatic rings. The molecule has 0 bridgehead atoms. The first-order valence-electron chi connectivity index (χ1n) is 4.69. The monoisotopic (exact) mass is 190 g/mol. The van der Waals surface area contributed by atoms with Gasteiger partial charge in [-0.05, 0) is 30.2 Å². The zero-order chi connectivity index (χ0) is 9.97. The third-order valence-corrected chi connectivity index (χ3v) is 2.38. The van der Waals surface area contributed by atoms with Gasteiger partial charge in [-0.3, -0.25) is 4.99 Å². The molecular weight excluding hydrogens is 176 g/mol. The van der Waals surface area contributed by atoms with Crippen molar-refractivity contribution in [1.29, 1.82) is 0 Å². The van der Waals surface area contributed by atoms with Gasteiger partial charge in [0.05, 0.1) is 19.0 Å². The lowest BCUT2D eigenvalue weighted by Crippen LogP contribution is -2.06. The Morgan fingerprint density at radius 2 is 2.14 bits per heavy atom. The molecule has 0 spiro atoms. The maximum atomic E-state index is 5.34. The molecule has 1 aromatic rings. The minimum atomic E-state index is 0.729. The average Bonchev–Trinajstić information content (AvgIpc) is 2.64. The van der Waals surface area contributed by atoms with Crippen molar-refractivity contribution >= 4 is 11.5 Å². The Hall–Kier alpha value is -1.35. The molecule has 0 amide bonds. The van der Waals surface area contributed by atoms with Crippen LogP contribution in [0.25, 0.3) is 0 Å². The maximum Gasteiger partial charge on any atom is 0.0972 e. The van der Waals surface area contributed by atoms with Crippen molar-refractivity contribution in [1.82, 2.24) is 0 Å². The lowest BCUT2D eigenvalue weighted by atomic mass is 10.1. The highest BCUT2D eigenvalue weighted by molar-refractivity contribution is 5.93. The largest absolute Gasteiger partial charge is 0.372 e. The molecule has 0 aliphatic carbocycles. The fourth-order valence-corrected chi connectivity index (χ4v) is 1.51.